The normalized spacial score (nSPS) is 21.8. The summed E-state index contributed by atoms with van der Waals surface area (Å²) in [5.74, 6) is -0.403. The van der Waals surface area contributed by atoms with Crippen LogP contribution >= 0.6 is 0 Å². The van der Waals surface area contributed by atoms with Crippen LogP contribution in [0.25, 0.3) is 0 Å². The van der Waals surface area contributed by atoms with Crippen LogP contribution in [-0.4, -0.2) is 97.5 Å². The number of carbonyl (C=O) groups is 1. The fourth-order valence-corrected chi connectivity index (χ4v) is 6.71. The van der Waals surface area contributed by atoms with Gasteiger partial charge in [-0.3, -0.25) is 9.35 Å². The number of esters is 1. The number of ether oxygens (including phenoxy) is 4. The molecule has 0 bridgehead atoms. The Bertz CT molecular complexity index is 905. The monoisotopic (exact) mass is 740 g/mol. The van der Waals surface area contributed by atoms with Gasteiger partial charge in [0.2, 0.25) is 0 Å². The molecule has 298 valence electrons. The molecule has 0 aliphatic carbocycles. The first-order chi connectivity index (χ1) is 24.1. The maximum absolute atomic E-state index is 12.7. The summed E-state index contributed by atoms with van der Waals surface area (Å²) < 4.78 is 58.6. The van der Waals surface area contributed by atoms with Gasteiger partial charge in [0, 0.05) is 13.0 Å². The Labute approximate surface area is 303 Å². The van der Waals surface area contributed by atoms with Crippen LogP contribution in [0, 0.1) is 0 Å². The molecule has 0 radical (unpaired) electrons. The molecule has 1 aliphatic rings. The van der Waals surface area contributed by atoms with Gasteiger partial charge in [-0.25, -0.2) is 4.18 Å². The maximum atomic E-state index is 12.7. The summed E-state index contributed by atoms with van der Waals surface area (Å²) in [6, 6.07) is 0. The Morgan fingerprint density at radius 2 is 1.14 bits per heavy atom. The number of aliphatic hydroxyl groups excluding tert-OH is 3. The first kappa shape index (κ1) is 47.1. The Kier molecular flexibility index (Phi) is 28.8. The second-order valence-electron chi connectivity index (χ2n) is 13.9. The van der Waals surface area contributed by atoms with E-state index in [9.17, 15) is 28.5 Å². The molecule has 1 aliphatic heterocycles. The molecule has 1 heterocycles. The van der Waals surface area contributed by atoms with Crippen LogP contribution < -0.4 is 0 Å². The Morgan fingerprint density at radius 3 is 1.60 bits per heavy atom. The van der Waals surface area contributed by atoms with Crippen molar-refractivity contribution < 1.29 is 56.2 Å². The zero-order valence-corrected chi connectivity index (χ0v) is 32.0. The maximum Gasteiger partial charge on any atom is 0.397 e. The summed E-state index contributed by atoms with van der Waals surface area (Å²) in [6.45, 7) is 3.94. The van der Waals surface area contributed by atoms with Gasteiger partial charge in [0.1, 0.15) is 30.5 Å². The van der Waals surface area contributed by atoms with Gasteiger partial charge in [0.05, 0.1) is 19.8 Å². The molecule has 6 atom stereocenters. The van der Waals surface area contributed by atoms with E-state index >= 15 is 0 Å². The molecule has 13 heteroatoms. The fraction of sp³-hybridized carbons (Fsp3) is 0.973. The largest absolute Gasteiger partial charge is 0.457 e. The van der Waals surface area contributed by atoms with E-state index in [-0.39, 0.29) is 19.6 Å². The van der Waals surface area contributed by atoms with Crippen LogP contribution in [0.2, 0.25) is 0 Å². The average Bonchev–Trinajstić information content (AvgIpc) is 3.08. The third kappa shape index (κ3) is 24.4. The smallest absolute Gasteiger partial charge is 0.397 e. The van der Waals surface area contributed by atoms with E-state index < -0.39 is 59.8 Å². The molecule has 0 saturated carbocycles. The first-order valence-electron chi connectivity index (χ1n) is 19.8. The quantitative estimate of drug-likeness (QED) is 0.0303. The van der Waals surface area contributed by atoms with E-state index in [1.165, 1.54) is 103 Å². The molecule has 1 fully saturated rings. The standard InChI is InChI=1S/C37H72O12S/c1-3-5-7-9-11-12-13-14-15-16-17-18-19-21-23-25-27-45-29-31(47-33(39)26-24-22-20-10-8-6-4-2)30-46-37-35(41)36(49-50(42,43)44)34(40)32(28-38)48-37/h31-32,34-38,40-41H,3-30H2,1-2H3,(H,42,43,44). The molecule has 1 saturated heterocycles. The molecule has 4 N–H and O–H groups in total. The molecule has 50 heavy (non-hydrogen) atoms. The zero-order chi connectivity index (χ0) is 36.9. The van der Waals surface area contributed by atoms with Gasteiger partial charge in [0.15, 0.2) is 6.29 Å². The summed E-state index contributed by atoms with van der Waals surface area (Å²) in [4.78, 5) is 12.7. The van der Waals surface area contributed by atoms with Crippen LogP contribution in [0.4, 0.5) is 0 Å². The van der Waals surface area contributed by atoms with Gasteiger partial charge in [-0.15, -0.1) is 0 Å². The molecule has 12 nitrogen and oxygen atoms in total. The van der Waals surface area contributed by atoms with Gasteiger partial charge in [-0.05, 0) is 12.8 Å². The summed E-state index contributed by atoms with van der Waals surface area (Å²) in [5.41, 5.74) is 0. The topological polar surface area (TPSA) is 178 Å². The highest BCUT2D eigenvalue weighted by molar-refractivity contribution is 7.80. The van der Waals surface area contributed by atoms with Gasteiger partial charge in [-0.1, -0.05) is 149 Å². The van der Waals surface area contributed by atoms with Crippen molar-refractivity contribution in [3.63, 3.8) is 0 Å². The number of aliphatic hydroxyl groups is 3. The first-order valence-corrected chi connectivity index (χ1v) is 21.2. The molecular formula is C37H72O12S. The van der Waals surface area contributed by atoms with Crippen LogP contribution in [0.1, 0.15) is 168 Å². The van der Waals surface area contributed by atoms with Crippen LogP contribution in [-0.2, 0) is 38.3 Å². The van der Waals surface area contributed by atoms with E-state index in [0.29, 0.717) is 13.0 Å². The minimum atomic E-state index is -5.05. The van der Waals surface area contributed by atoms with Crippen LogP contribution in [0.3, 0.4) is 0 Å². The van der Waals surface area contributed by atoms with Gasteiger partial charge in [-0.2, -0.15) is 8.42 Å². The van der Waals surface area contributed by atoms with Crippen LogP contribution in [0.15, 0.2) is 0 Å². The van der Waals surface area contributed by atoms with Crippen molar-refractivity contribution in [1.29, 1.82) is 0 Å². The van der Waals surface area contributed by atoms with Crippen molar-refractivity contribution >= 4 is 16.4 Å². The summed E-state index contributed by atoms with van der Waals surface area (Å²) in [5, 5.41) is 30.5. The molecule has 1 rings (SSSR count). The van der Waals surface area contributed by atoms with Crippen LogP contribution in [0.5, 0.6) is 0 Å². The molecule has 0 amide bonds. The molecule has 0 aromatic rings. The minimum absolute atomic E-state index is 0.0430. The number of carbonyl (C=O) groups excluding carboxylic acids is 1. The van der Waals surface area contributed by atoms with Crippen molar-refractivity contribution in [3.05, 3.63) is 0 Å². The van der Waals surface area contributed by atoms with Crippen molar-refractivity contribution in [3.8, 4) is 0 Å². The van der Waals surface area contributed by atoms with E-state index in [4.69, 9.17) is 23.5 Å². The number of hydrogen-bond donors (Lipinski definition) is 4. The van der Waals surface area contributed by atoms with Crippen molar-refractivity contribution in [2.24, 2.45) is 0 Å². The second kappa shape index (κ2) is 30.6. The SMILES string of the molecule is CCCCCCCCCCCCCCCCCCOCC(COC1OC(CO)C(O)C(OS(=O)(=O)O)C1O)OC(=O)CCCCCCCCC. The van der Waals surface area contributed by atoms with E-state index in [0.717, 1.165) is 38.5 Å². The van der Waals surface area contributed by atoms with E-state index in [1.807, 2.05) is 0 Å². The predicted octanol–water partition coefficient (Wildman–Crippen LogP) is 6.96. The lowest BCUT2D eigenvalue weighted by Crippen LogP contribution is -2.60. The molecular weight excluding hydrogens is 668 g/mol. The van der Waals surface area contributed by atoms with Crippen molar-refractivity contribution in [2.45, 2.75) is 205 Å². The van der Waals surface area contributed by atoms with E-state index in [2.05, 4.69) is 18.0 Å². The average molecular weight is 741 g/mol. The Balaban J connectivity index is 2.42. The lowest BCUT2D eigenvalue weighted by atomic mass is 9.99. The summed E-state index contributed by atoms with van der Waals surface area (Å²) in [7, 11) is -5.05. The number of unbranched alkanes of at least 4 members (excludes halogenated alkanes) is 21. The van der Waals surface area contributed by atoms with Gasteiger partial charge < -0.3 is 34.3 Å². The summed E-state index contributed by atoms with van der Waals surface area (Å²) in [6.07, 6.45) is 18.8. The predicted molar refractivity (Wildman–Crippen MR) is 193 cm³/mol. The third-order valence-corrected chi connectivity index (χ3v) is 9.69. The Hall–Kier alpha value is -0.900. The summed E-state index contributed by atoms with van der Waals surface area (Å²) >= 11 is 0. The highest BCUT2D eigenvalue weighted by Gasteiger charge is 2.48. The van der Waals surface area contributed by atoms with Gasteiger partial charge in [0.25, 0.3) is 0 Å². The number of hydrogen-bond acceptors (Lipinski definition) is 11. The zero-order valence-electron chi connectivity index (χ0n) is 31.2. The molecule has 0 spiro atoms. The lowest BCUT2D eigenvalue weighted by Gasteiger charge is -2.41. The van der Waals surface area contributed by atoms with Crippen molar-refractivity contribution in [1.82, 2.24) is 0 Å². The number of rotatable bonds is 34. The Morgan fingerprint density at radius 1 is 0.680 bits per heavy atom. The molecule has 0 aromatic heterocycles. The highest BCUT2D eigenvalue weighted by Crippen LogP contribution is 2.26. The van der Waals surface area contributed by atoms with Crippen molar-refractivity contribution in [2.75, 3.05) is 26.4 Å². The highest BCUT2D eigenvalue weighted by atomic mass is 32.3. The van der Waals surface area contributed by atoms with Gasteiger partial charge >= 0.3 is 16.4 Å². The lowest BCUT2D eigenvalue weighted by molar-refractivity contribution is -0.301. The third-order valence-electron chi connectivity index (χ3n) is 9.23. The fourth-order valence-electron chi connectivity index (χ4n) is 6.20. The van der Waals surface area contributed by atoms with E-state index in [1.54, 1.807) is 0 Å². The second-order valence-corrected chi connectivity index (χ2v) is 14.9. The molecule has 0 aromatic carbocycles. The molecule has 6 unspecified atom stereocenters. The minimum Gasteiger partial charge on any atom is -0.457 e.